The Hall–Kier alpha value is -2.25. The van der Waals surface area contributed by atoms with Gasteiger partial charge in [0.15, 0.2) is 0 Å². The number of benzene rings is 1. The first-order chi connectivity index (χ1) is 11.7. The molecule has 2 unspecified atom stereocenters. The summed E-state index contributed by atoms with van der Waals surface area (Å²) in [5.41, 5.74) is 1.66. The van der Waals surface area contributed by atoms with Crippen LogP contribution in [0.4, 0.5) is 13.2 Å². The maximum atomic E-state index is 13.0. The molecule has 0 amide bonds. The van der Waals surface area contributed by atoms with Crippen molar-refractivity contribution in [2.45, 2.75) is 44.9 Å². The number of aryl methyl sites for hydroxylation is 1. The monoisotopic (exact) mass is 360 g/mol. The molecule has 1 aromatic carbocycles. The summed E-state index contributed by atoms with van der Waals surface area (Å²) in [6.07, 6.45) is -7.41. The fraction of sp³-hybridized carbons (Fsp3) is 0.529. The molecule has 2 rings (SSSR count). The second kappa shape index (κ2) is 7.76. The zero-order valence-electron chi connectivity index (χ0n) is 13.6. The van der Waals surface area contributed by atoms with Crippen molar-refractivity contribution in [1.82, 2.24) is 0 Å². The van der Waals surface area contributed by atoms with Gasteiger partial charge < -0.3 is 14.6 Å². The Morgan fingerprint density at radius 2 is 2.04 bits per heavy atom. The van der Waals surface area contributed by atoms with Crippen LogP contribution >= 0.6 is 0 Å². The predicted octanol–water partition coefficient (Wildman–Crippen LogP) is 2.92. The molecule has 1 N–H and O–H groups in total. The molecule has 0 spiro atoms. The van der Waals surface area contributed by atoms with Crippen LogP contribution < -0.4 is 0 Å². The van der Waals surface area contributed by atoms with Gasteiger partial charge >= 0.3 is 18.1 Å². The number of phenols is 1. The Kier molecular flexibility index (Phi) is 5.92. The van der Waals surface area contributed by atoms with Crippen molar-refractivity contribution in [3.63, 3.8) is 0 Å². The number of halogens is 3. The molecule has 1 aromatic rings. The first-order valence-corrected chi connectivity index (χ1v) is 7.94. The Morgan fingerprint density at radius 1 is 1.32 bits per heavy atom. The highest BCUT2D eigenvalue weighted by Gasteiger charge is 2.45. The lowest BCUT2D eigenvalue weighted by atomic mass is 9.84. The minimum atomic E-state index is -4.85. The number of carbonyl (C=O) groups is 2. The number of phenolic OH excluding ortho intramolecular Hbond substituents is 1. The van der Waals surface area contributed by atoms with E-state index < -0.39 is 36.6 Å². The van der Waals surface area contributed by atoms with E-state index in [1.807, 2.05) is 0 Å². The number of aromatic hydroxyl groups is 1. The molecule has 0 saturated carbocycles. The van der Waals surface area contributed by atoms with E-state index in [1.165, 1.54) is 13.0 Å². The van der Waals surface area contributed by atoms with E-state index in [2.05, 4.69) is 9.47 Å². The molecule has 2 atom stereocenters. The highest BCUT2D eigenvalue weighted by Crippen LogP contribution is 2.31. The molecule has 0 saturated heterocycles. The first kappa shape index (κ1) is 19.1. The van der Waals surface area contributed by atoms with Gasteiger partial charge in [0, 0.05) is 0 Å². The van der Waals surface area contributed by atoms with E-state index >= 15 is 0 Å². The van der Waals surface area contributed by atoms with Crippen molar-refractivity contribution < 1.29 is 37.3 Å². The van der Waals surface area contributed by atoms with E-state index in [9.17, 15) is 27.9 Å². The Labute approximate surface area is 142 Å². The number of fused-ring (bicyclic) bond motifs is 1. The van der Waals surface area contributed by atoms with Crippen molar-refractivity contribution in [1.29, 1.82) is 0 Å². The third-order valence-electron chi connectivity index (χ3n) is 4.03. The molecule has 138 valence electrons. The maximum absolute atomic E-state index is 13.0. The molecular weight excluding hydrogens is 341 g/mol. The fourth-order valence-electron chi connectivity index (χ4n) is 2.77. The van der Waals surface area contributed by atoms with Gasteiger partial charge in [-0.3, -0.25) is 9.59 Å². The molecule has 0 heterocycles. The second-order valence-corrected chi connectivity index (χ2v) is 5.87. The summed E-state index contributed by atoms with van der Waals surface area (Å²) in [7, 11) is 0. The van der Waals surface area contributed by atoms with Gasteiger partial charge in [-0.25, -0.2) is 0 Å². The number of carbonyl (C=O) groups excluding carboxylic acids is 2. The smallest absolute Gasteiger partial charge is 0.426 e. The van der Waals surface area contributed by atoms with Gasteiger partial charge in [0.2, 0.25) is 6.10 Å². The zero-order chi connectivity index (χ0) is 18.6. The van der Waals surface area contributed by atoms with Crippen LogP contribution in [0, 0.1) is 5.92 Å². The van der Waals surface area contributed by atoms with Crippen molar-refractivity contribution in [2.24, 2.45) is 5.92 Å². The van der Waals surface area contributed by atoms with E-state index in [0.717, 1.165) is 11.1 Å². The van der Waals surface area contributed by atoms with Crippen LogP contribution in [0.5, 0.6) is 5.75 Å². The summed E-state index contributed by atoms with van der Waals surface area (Å²) in [5, 5.41) is 9.44. The summed E-state index contributed by atoms with van der Waals surface area (Å²) in [5.74, 6) is -2.66. The lowest BCUT2D eigenvalue weighted by Gasteiger charge is -2.26. The van der Waals surface area contributed by atoms with Crippen molar-refractivity contribution >= 4 is 11.9 Å². The molecule has 0 fully saturated rings. The summed E-state index contributed by atoms with van der Waals surface area (Å²) in [6.45, 7) is 1.42. The third kappa shape index (κ3) is 5.11. The largest absolute Gasteiger partial charge is 0.508 e. The van der Waals surface area contributed by atoms with Gasteiger partial charge in [0.25, 0.3) is 0 Å². The number of esters is 2. The zero-order valence-corrected chi connectivity index (χ0v) is 13.6. The van der Waals surface area contributed by atoms with Crippen LogP contribution in [0.2, 0.25) is 0 Å². The number of ether oxygens (including phenoxy) is 2. The topological polar surface area (TPSA) is 72.8 Å². The molecule has 25 heavy (non-hydrogen) atoms. The standard InChI is InChI=1S/C17H19F3O5/c1-2-24-15(22)9-14(17(18,19)20)25-16(23)12-4-3-11-8-13(21)6-5-10(11)7-12/h5-6,8,12,14,21H,2-4,7,9H2,1H3. The lowest BCUT2D eigenvalue weighted by Crippen LogP contribution is -2.38. The van der Waals surface area contributed by atoms with E-state index in [4.69, 9.17) is 0 Å². The number of hydrogen-bond acceptors (Lipinski definition) is 5. The van der Waals surface area contributed by atoms with E-state index in [-0.39, 0.29) is 18.8 Å². The van der Waals surface area contributed by atoms with Crippen LogP contribution in [-0.4, -0.2) is 35.9 Å². The minimum Gasteiger partial charge on any atom is -0.508 e. The quantitative estimate of drug-likeness (QED) is 0.818. The molecule has 0 radical (unpaired) electrons. The van der Waals surface area contributed by atoms with Gasteiger partial charge in [-0.15, -0.1) is 0 Å². The highest BCUT2D eigenvalue weighted by molar-refractivity contribution is 5.75. The molecule has 1 aliphatic carbocycles. The third-order valence-corrected chi connectivity index (χ3v) is 4.03. The van der Waals surface area contributed by atoms with Gasteiger partial charge in [0.05, 0.1) is 18.9 Å². The fourth-order valence-corrected chi connectivity index (χ4v) is 2.77. The van der Waals surface area contributed by atoms with Crippen LogP contribution in [0.25, 0.3) is 0 Å². The number of alkyl halides is 3. The molecule has 0 bridgehead atoms. The summed E-state index contributed by atoms with van der Waals surface area (Å²) >= 11 is 0. The Morgan fingerprint density at radius 3 is 2.68 bits per heavy atom. The SMILES string of the molecule is CCOC(=O)CC(OC(=O)C1CCc2cc(O)ccc2C1)C(F)(F)F. The van der Waals surface area contributed by atoms with Gasteiger partial charge in [-0.2, -0.15) is 13.2 Å². The second-order valence-electron chi connectivity index (χ2n) is 5.87. The van der Waals surface area contributed by atoms with Gasteiger partial charge in [-0.05, 0) is 49.4 Å². The van der Waals surface area contributed by atoms with Crippen LogP contribution in [0.1, 0.15) is 30.9 Å². The highest BCUT2D eigenvalue weighted by atomic mass is 19.4. The van der Waals surface area contributed by atoms with Crippen LogP contribution in [0.3, 0.4) is 0 Å². The van der Waals surface area contributed by atoms with Crippen molar-refractivity contribution in [2.75, 3.05) is 6.61 Å². The average molecular weight is 360 g/mol. The van der Waals surface area contributed by atoms with Gasteiger partial charge in [-0.1, -0.05) is 6.07 Å². The number of rotatable bonds is 5. The normalized spacial score (nSPS) is 18.2. The van der Waals surface area contributed by atoms with Crippen LogP contribution in [-0.2, 0) is 31.9 Å². The molecule has 0 aliphatic heterocycles. The summed E-state index contributed by atoms with van der Waals surface area (Å²) in [6, 6.07) is 4.69. The molecule has 8 heteroatoms. The Bertz CT molecular complexity index is 642. The summed E-state index contributed by atoms with van der Waals surface area (Å²) in [4.78, 5) is 23.5. The van der Waals surface area contributed by atoms with Crippen LogP contribution in [0.15, 0.2) is 18.2 Å². The Balaban J connectivity index is 2.03. The lowest BCUT2D eigenvalue weighted by molar-refractivity contribution is -0.226. The molecule has 1 aliphatic rings. The molecule has 5 nitrogen and oxygen atoms in total. The first-order valence-electron chi connectivity index (χ1n) is 7.94. The van der Waals surface area contributed by atoms with E-state index in [1.54, 1.807) is 12.1 Å². The maximum Gasteiger partial charge on any atom is 0.426 e. The van der Waals surface area contributed by atoms with Gasteiger partial charge in [0.1, 0.15) is 5.75 Å². The molecular formula is C17H19F3O5. The van der Waals surface area contributed by atoms with E-state index in [0.29, 0.717) is 12.8 Å². The number of hydrogen-bond donors (Lipinski definition) is 1. The summed E-state index contributed by atoms with van der Waals surface area (Å²) < 4.78 is 48.2. The predicted molar refractivity (Wildman–Crippen MR) is 80.8 cm³/mol. The minimum absolute atomic E-state index is 0.0520. The average Bonchev–Trinajstić information content (AvgIpc) is 2.53. The van der Waals surface area contributed by atoms with Crippen molar-refractivity contribution in [3.05, 3.63) is 29.3 Å². The van der Waals surface area contributed by atoms with Crippen molar-refractivity contribution in [3.8, 4) is 5.75 Å². The molecule has 0 aromatic heterocycles.